The van der Waals surface area contributed by atoms with E-state index >= 15 is 0 Å². The van der Waals surface area contributed by atoms with Crippen LogP contribution < -0.4 is 4.90 Å². The van der Waals surface area contributed by atoms with Crippen molar-refractivity contribution in [1.29, 1.82) is 0 Å². The second-order valence-electron chi connectivity index (χ2n) is 13.0. The third-order valence-corrected chi connectivity index (χ3v) is 9.89. The maximum Gasteiger partial charge on any atom is 0.0462 e. The average Bonchev–Trinajstić information content (AvgIpc) is 3.22. The minimum Gasteiger partial charge on any atom is -0.311 e. The molecule has 9 aromatic rings. The monoisotopic (exact) mass is 649 g/mol. The highest BCUT2D eigenvalue weighted by molar-refractivity contribution is 6.06. The molecule has 0 aliphatic heterocycles. The summed E-state index contributed by atoms with van der Waals surface area (Å²) in [6, 6.07) is 76.6. The first-order valence-electron chi connectivity index (χ1n) is 17.5. The van der Waals surface area contributed by atoms with Gasteiger partial charge in [-0.2, -0.15) is 0 Å². The van der Waals surface area contributed by atoms with Crippen molar-refractivity contribution in [3.8, 4) is 44.5 Å². The second kappa shape index (κ2) is 13.3. The van der Waals surface area contributed by atoms with E-state index < -0.39 is 0 Å². The highest BCUT2D eigenvalue weighted by atomic mass is 15.1. The van der Waals surface area contributed by atoms with Crippen LogP contribution in [0.4, 0.5) is 17.1 Å². The van der Waals surface area contributed by atoms with Gasteiger partial charge in [0.1, 0.15) is 0 Å². The molecule has 0 bridgehead atoms. The first-order chi connectivity index (χ1) is 25.3. The zero-order valence-electron chi connectivity index (χ0n) is 28.2. The fraction of sp³-hybridized carbons (Fsp3) is 0. The molecule has 0 aliphatic carbocycles. The summed E-state index contributed by atoms with van der Waals surface area (Å²) < 4.78 is 0. The lowest BCUT2D eigenvalue weighted by Crippen LogP contribution is -2.09. The molecular formula is C50H35N. The van der Waals surface area contributed by atoms with Crippen LogP contribution >= 0.6 is 0 Å². The summed E-state index contributed by atoms with van der Waals surface area (Å²) in [5.41, 5.74) is 13.1. The van der Waals surface area contributed by atoms with Crippen molar-refractivity contribution in [3.05, 3.63) is 212 Å². The van der Waals surface area contributed by atoms with Crippen LogP contribution in [0.2, 0.25) is 0 Å². The van der Waals surface area contributed by atoms with E-state index in [4.69, 9.17) is 0 Å². The molecule has 0 spiro atoms. The Balaban J connectivity index is 1.10. The molecule has 0 amide bonds. The van der Waals surface area contributed by atoms with Gasteiger partial charge in [0.25, 0.3) is 0 Å². The molecule has 0 aliphatic rings. The predicted octanol–water partition coefficient (Wildman–Crippen LogP) is 14.1. The van der Waals surface area contributed by atoms with E-state index in [0.29, 0.717) is 0 Å². The normalized spacial score (nSPS) is 11.1. The van der Waals surface area contributed by atoms with Crippen LogP contribution in [-0.4, -0.2) is 0 Å². The van der Waals surface area contributed by atoms with Crippen molar-refractivity contribution in [3.63, 3.8) is 0 Å². The molecule has 0 radical (unpaired) electrons. The van der Waals surface area contributed by atoms with E-state index in [1.165, 1.54) is 66.1 Å². The summed E-state index contributed by atoms with van der Waals surface area (Å²) in [7, 11) is 0. The highest BCUT2D eigenvalue weighted by Gasteiger charge is 2.15. The number of fused-ring (bicyclic) bond motifs is 2. The third kappa shape index (κ3) is 5.96. The van der Waals surface area contributed by atoms with Gasteiger partial charge in [0.2, 0.25) is 0 Å². The summed E-state index contributed by atoms with van der Waals surface area (Å²) >= 11 is 0. The molecule has 9 aromatic carbocycles. The number of hydrogen-bond donors (Lipinski definition) is 0. The van der Waals surface area contributed by atoms with Crippen molar-refractivity contribution in [2.24, 2.45) is 0 Å². The number of rotatable bonds is 7. The standard InChI is InChI=1S/C50H35N/c1-3-11-36(12-4-1)39-21-27-44(28-22-39)51(45-29-23-40(24-30-45)37-13-5-2-6-14-37)46-31-25-41(26-32-46)47-33-34-48(50-18-10-9-17-49(47)50)43-20-19-38-15-7-8-16-42(38)35-43/h1-35H. The lowest BCUT2D eigenvalue weighted by atomic mass is 9.91. The largest absolute Gasteiger partial charge is 0.311 e. The van der Waals surface area contributed by atoms with Crippen LogP contribution in [0.1, 0.15) is 0 Å². The van der Waals surface area contributed by atoms with Crippen LogP contribution in [0, 0.1) is 0 Å². The molecule has 1 nitrogen and oxygen atoms in total. The zero-order valence-corrected chi connectivity index (χ0v) is 28.2. The smallest absolute Gasteiger partial charge is 0.0462 e. The van der Waals surface area contributed by atoms with Gasteiger partial charge in [0, 0.05) is 17.1 Å². The quantitative estimate of drug-likeness (QED) is 0.166. The molecule has 0 atom stereocenters. The molecule has 0 N–H and O–H groups in total. The number of hydrogen-bond acceptors (Lipinski definition) is 1. The van der Waals surface area contributed by atoms with Gasteiger partial charge < -0.3 is 4.90 Å². The minimum atomic E-state index is 1.11. The molecule has 1 heteroatoms. The molecule has 0 saturated heterocycles. The van der Waals surface area contributed by atoms with E-state index in [-0.39, 0.29) is 0 Å². The van der Waals surface area contributed by atoms with Gasteiger partial charge in [0.05, 0.1) is 0 Å². The Kier molecular flexibility index (Phi) is 7.92. The Hall–Kier alpha value is -6.70. The summed E-state index contributed by atoms with van der Waals surface area (Å²) in [5.74, 6) is 0. The first-order valence-corrected chi connectivity index (χ1v) is 17.5. The molecule has 0 unspecified atom stereocenters. The van der Waals surface area contributed by atoms with Gasteiger partial charge in [0.15, 0.2) is 0 Å². The van der Waals surface area contributed by atoms with E-state index in [0.717, 1.165) is 17.1 Å². The SMILES string of the molecule is c1ccc(-c2ccc(N(c3ccc(-c4ccccc4)cc3)c3ccc(-c4ccc(-c5ccc6ccccc6c5)c5ccccc45)cc3)cc2)cc1. The van der Waals surface area contributed by atoms with Crippen LogP contribution in [0.15, 0.2) is 212 Å². The maximum atomic E-state index is 2.34. The van der Waals surface area contributed by atoms with Gasteiger partial charge in [-0.05, 0) is 109 Å². The van der Waals surface area contributed by atoms with Gasteiger partial charge >= 0.3 is 0 Å². The van der Waals surface area contributed by atoms with E-state index in [1.54, 1.807) is 0 Å². The predicted molar refractivity (Wildman–Crippen MR) is 218 cm³/mol. The minimum absolute atomic E-state index is 1.11. The zero-order chi connectivity index (χ0) is 34.0. The van der Waals surface area contributed by atoms with Gasteiger partial charge in [-0.25, -0.2) is 0 Å². The van der Waals surface area contributed by atoms with E-state index in [2.05, 4.69) is 217 Å². The van der Waals surface area contributed by atoms with Gasteiger partial charge in [-0.15, -0.1) is 0 Å². The first kappa shape index (κ1) is 30.4. The lowest BCUT2D eigenvalue weighted by molar-refractivity contribution is 1.28. The summed E-state index contributed by atoms with van der Waals surface area (Å²) in [4.78, 5) is 2.34. The Morgan fingerprint density at radius 2 is 0.608 bits per heavy atom. The lowest BCUT2D eigenvalue weighted by Gasteiger charge is -2.26. The van der Waals surface area contributed by atoms with Crippen LogP contribution in [-0.2, 0) is 0 Å². The topological polar surface area (TPSA) is 3.24 Å². The van der Waals surface area contributed by atoms with Gasteiger partial charge in [-0.1, -0.05) is 170 Å². The molecule has 0 saturated carbocycles. The molecule has 9 rings (SSSR count). The fourth-order valence-electron chi connectivity index (χ4n) is 7.26. The Labute approximate surface area is 299 Å². The van der Waals surface area contributed by atoms with Crippen LogP contribution in [0.3, 0.4) is 0 Å². The number of anilines is 3. The number of benzene rings is 9. The van der Waals surface area contributed by atoms with E-state index in [9.17, 15) is 0 Å². The summed E-state index contributed by atoms with van der Waals surface area (Å²) in [5, 5.41) is 5.03. The summed E-state index contributed by atoms with van der Waals surface area (Å²) in [6.45, 7) is 0. The maximum absolute atomic E-state index is 2.34. The highest BCUT2D eigenvalue weighted by Crippen LogP contribution is 2.40. The van der Waals surface area contributed by atoms with Crippen molar-refractivity contribution in [2.75, 3.05) is 4.90 Å². The Morgan fingerprint density at radius 1 is 0.235 bits per heavy atom. The van der Waals surface area contributed by atoms with E-state index in [1.807, 2.05) is 0 Å². The molecule has 0 aromatic heterocycles. The molecule has 0 fully saturated rings. The molecular weight excluding hydrogens is 615 g/mol. The van der Waals surface area contributed by atoms with Crippen LogP contribution in [0.25, 0.3) is 66.1 Å². The summed E-state index contributed by atoms with van der Waals surface area (Å²) in [6.07, 6.45) is 0. The number of nitrogens with zero attached hydrogens (tertiary/aromatic N) is 1. The van der Waals surface area contributed by atoms with Crippen molar-refractivity contribution in [2.45, 2.75) is 0 Å². The molecule has 51 heavy (non-hydrogen) atoms. The molecule has 0 heterocycles. The molecule has 240 valence electrons. The van der Waals surface area contributed by atoms with Crippen molar-refractivity contribution < 1.29 is 0 Å². The van der Waals surface area contributed by atoms with Crippen LogP contribution in [0.5, 0.6) is 0 Å². The fourth-order valence-corrected chi connectivity index (χ4v) is 7.26. The van der Waals surface area contributed by atoms with Crippen molar-refractivity contribution in [1.82, 2.24) is 0 Å². The van der Waals surface area contributed by atoms with Crippen molar-refractivity contribution >= 4 is 38.6 Å². The Morgan fingerprint density at radius 3 is 1.12 bits per heavy atom. The second-order valence-corrected chi connectivity index (χ2v) is 13.0. The Bertz CT molecular complexity index is 2500. The third-order valence-electron chi connectivity index (χ3n) is 9.89. The van der Waals surface area contributed by atoms with Gasteiger partial charge in [-0.3, -0.25) is 0 Å². The average molecular weight is 650 g/mol.